The van der Waals surface area contributed by atoms with Crippen LogP contribution in [0.25, 0.3) is 22.3 Å². The predicted octanol–water partition coefficient (Wildman–Crippen LogP) is 5.06. The van der Waals surface area contributed by atoms with Gasteiger partial charge < -0.3 is 20.5 Å². The molecular formula is C27H21ClF3N6O4+. The van der Waals surface area contributed by atoms with Crippen LogP contribution in [0.3, 0.4) is 0 Å². The van der Waals surface area contributed by atoms with Gasteiger partial charge in [-0.25, -0.2) is 18.2 Å². The summed E-state index contributed by atoms with van der Waals surface area (Å²) in [6.45, 7) is 1.53. The first-order chi connectivity index (χ1) is 19.7. The molecule has 0 radical (unpaired) electrons. The average molecular weight is 586 g/mol. The molecule has 210 valence electrons. The molecule has 0 unspecified atom stereocenters. The number of fused-ring (bicyclic) bond motifs is 1. The zero-order valence-corrected chi connectivity index (χ0v) is 21.9. The van der Waals surface area contributed by atoms with Gasteiger partial charge in [0.25, 0.3) is 5.69 Å². The van der Waals surface area contributed by atoms with Crippen LogP contribution >= 0.6 is 11.6 Å². The maximum atomic E-state index is 15.1. The molecule has 41 heavy (non-hydrogen) atoms. The van der Waals surface area contributed by atoms with Gasteiger partial charge in [0.15, 0.2) is 28.8 Å². The Bertz CT molecular complexity index is 1770. The lowest BCUT2D eigenvalue weighted by atomic mass is 10.1. The quantitative estimate of drug-likeness (QED) is 0.127. The summed E-state index contributed by atoms with van der Waals surface area (Å²) >= 11 is 6.19. The summed E-state index contributed by atoms with van der Waals surface area (Å²) in [4.78, 5) is 17.1. The number of carbonyl (C=O) groups excluding carboxylic acids is 1. The number of amides is 1. The van der Waals surface area contributed by atoms with E-state index in [1.807, 2.05) is 0 Å². The minimum absolute atomic E-state index is 0.0140. The van der Waals surface area contributed by atoms with Gasteiger partial charge in [-0.1, -0.05) is 11.6 Å². The molecule has 3 heterocycles. The molecule has 0 aliphatic heterocycles. The first-order valence-electron chi connectivity index (χ1n) is 12.0. The number of hydrogen-bond donors (Lipinski definition) is 5. The summed E-state index contributed by atoms with van der Waals surface area (Å²) in [5.74, 6) is -3.64. The average Bonchev–Trinajstić information content (AvgIpc) is 3.35. The molecule has 0 bridgehead atoms. The molecule has 3 aromatic heterocycles. The number of pyridine rings is 2. The Labute approximate surface area is 235 Å². The first-order valence-corrected chi connectivity index (χ1v) is 12.4. The molecule has 0 saturated carbocycles. The summed E-state index contributed by atoms with van der Waals surface area (Å²) in [6.07, 6.45) is 1.38. The van der Waals surface area contributed by atoms with Crippen LogP contribution in [0.2, 0.25) is 5.02 Å². The van der Waals surface area contributed by atoms with Crippen molar-refractivity contribution < 1.29 is 37.7 Å². The maximum absolute atomic E-state index is 15.1. The van der Waals surface area contributed by atoms with Gasteiger partial charge >= 0.3 is 11.6 Å². The van der Waals surface area contributed by atoms with Gasteiger partial charge in [-0.15, -0.1) is 0 Å². The molecule has 5 N–H and O–H groups in total. The van der Waals surface area contributed by atoms with Crippen LogP contribution in [-0.4, -0.2) is 44.1 Å². The molecule has 0 spiro atoms. The third kappa shape index (κ3) is 5.58. The highest BCUT2D eigenvalue weighted by Gasteiger charge is 2.29. The number of carbonyl (C=O) groups is 1. The number of aliphatic hydroxyl groups excluding tert-OH is 1. The number of H-pyrrole nitrogens is 1. The van der Waals surface area contributed by atoms with Crippen molar-refractivity contribution >= 4 is 40.0 Å². The maximum Gasteiger partial charge on any atom is 0.325 e. The Morgan fingerprint density at radius 2 is 1.85 bits per heavy atom. The van der Waals surface area contributed by atoms with Crippen LogP contribution < -0.4 is 20.1 Å². The number of aromatic nitrogens is 4. The van der Waals surface area contributed by atoms with Crippen LogP contribution in [0.15, 0.2) is 60.8 Å². The van der Waals surface area contributed by atoms with Crippen LogP contribution in [0.4, 0.5) is 24.7 Å². The van der Waals surface area contributed by atoms with Gasteiger partial charge in [-0.2, -0.15) is 5.10 Å². The van der Waals surface area contributed by atoms with Crippen LogP contribution in [0, 0.1) is 17.5 Å². The van der Waals surface area contributed by atoms with E-state index in [4.69, 9.17) is 16.3 Å². The van der Waals surface area contributed by atoms with Crippen molar-refractivity contribution in [3.05, 3.63) is 89.0 Å². The molecule has 14 heteroatoms. The molecular weight excluding hydrogens is 565 g/mol. The van der Waals surface area contributed by atoms with Crippen LogP contribution in [0.5, 0.6) is 11.5 Å². The monoisotopic (exact) mass is 585 g/mol. The second-order valence-corrected chi connectivity index (χ2v) is 9.29. The van der Waals surface area contributed by atoms with E-state index in [-0.39, 0.29) is 40.6 Å². The lowest BCUT2D eigenvalue weighted by Crippen LogP contribution is -2.42. The molecule has 5 rings (SSSR count). The topological polar surface area (TPSA) is 136 Å². The number of anilines is 2. The van der Waals surface area contributed by atoms with Crippen molar-refractivity contribution in [2.45, 2.75) is 13.0 Å². The van der Waals surface area contributed by atoms with Crippen molar-refractivity contribution in [1.82, 2.24) is 15.2 Å². The molecule has 0 aliphatic carbocycles. The number of ether oxygens (including phenoxy) is 1. The SMILES string of the molecule is C[C@H](CO)Nc1n[nH]c2nccc(Oc3cc(F)c(NC(=O)c4ccc(Cl)c(-c5ccc(F)cc5)[n+]4O)cc3F)c12. The highest BCUT2D eigenvalue weighted by molar-refractivity contribution is 6.32. The van der Waals surface area contributed by atoms with Gasteiger partial charge in [0.1, 0.15) is 22.0 Å². The fourth-order valence-electron chi connectivity index (χ4n) is 3.96. The Kier molecular flexibility index (Phi) is 7.64. The second kappa shape index (κ2) is 11.3. The number of rotatable bonds is 8. The zero-order valence-electron chi connectivity index (χ0n) is 21.1. The summed E-state index contributed by atoms with van der Waals surface area (Å²) in [6, 6.07) is 10.0. The second-order valence-electron chi connectivity index (χ2n) is 8.89. The third-order valence-corrected chi connectivity index (χ3v) is 6.28. The zero-order chi connectivity index (χ0) is 29.3. The smallest absolute Gasteiger partial charge is 0.325 e. The number of aromatic amines is 1. The largest absolute Gasteiger partial charge is 0.453 e. The molecule has 0 saturated heterocycles. The molecule has 0 aliphatic rings. The number of hydrogen-bond acceptors (Lipinski definition) is 7. The van der Waals surface area contributed by atoms with Gasteiger partial charge in [0, 0.05) is 41.2 Å². The van der Waals surface area contributed by atoms with E-state index < -0.39 is 34.8 Å². The highest BCUT2D eigenvalue weighted by atomic mass is 35.5. The van der Waals surface area contributed by atoms with E-state index in [0.717, 1.165) is 24.3 Å². The highest BCUT2D eigenvalue weighted by Crippen LogP contribution is 2.35. The van der Waals surface area contributed by atoms with E-state index >= 15 is 8.78 Å². The lowest BCUT2D eigenvalue weighted by Gasteiger charge is -2.13. The number of nitrogens with one attached hydrogen (secondary N) is 3. The van der Waals surface area contributed by atoms with Crippen LogP contribution in [-0.2, 0) is 0 Å². The number of nitrogens with zero attached hydrogens (tertiary/aromatic N) is 3. The van der Waals surface area contributed by atoms with Crippen molar-refractivity contribution in [3.8, 4) is 22.8 Å². The minimum Gasteiger partial charge on any atom is -0.453 e. The summed E-state index contributed by atoms with van der Waals surface area (Å²) in [7, 11) is 0. The molecule has 1 amide bonds. The summed E-state index contributed by atoms with van der Waals surface area (Å²) < 4.78 is 49.6. The third-order valence-electron chi connectivity index (χ3n) is 5.97. The van der Waals surface area contributed by atoms with E-state index in [9.17, 15) is 19.5 Å². The normalized spacial score (nSPS) is 11.9. The van der Waals surface area contributed by atoms with E-state index in [1.54, 1.807) is 6.92 Å². The van der Waals surface area contributed by atoms with Crippen molar-refractivity contribution in [3.63, 3.8) is 0 Å². The van der Waals surface area contributed by atoms with Crippen molar-refractivity contribution in [2.24, 2.45) is 0 Å². The summed E-state index contributed by atoms with van der Waals surface area (Å²) in [5.41, 5.74) is -0.287. The van der Waals surface area contributed by atoms with E-state index in [2.05, 4.69) is 25.8 Å². The Hall–Kier alpha value is -4.88. The van der Waals surface area contributed by atoms with Crippen molar-refractivity contribution in [1.29, 1.82) is 0 Å². The predicted molar refractivity (Wildman–Crippen MR) is 143 cm³/mol. The number of halogens is 4. The van der Waals surface area contributed by atoms with E-state index in [0.29, 0.717) is 21.3 Å². The summed E-state index contributed by atoms with van der Waals surface area (Å²) in [5, 5.41) is 32.4. The molecule has 2 aromatic carbocycles. The van der Waals surface area contributed by atoms with Crippen molar-refractivity contribution in [2.75, 3.05) is 17.2 Å². The van der Waals surface area contributed by atoms with Gasteiger partial charge in [-0.05, 0) is 37.3 Å². The van der Waals surface area contributed by atoms with E-state index in [1.165, 1.54) is 36.5 Å². The standard InChI is InChI=1S/C27H20ClF3N6O4/c1-13(12-38)33-26-23-21(8-9-32-25(23)35-36-26)41-22-11-17(30)19(10-18(22)31)34-27(39)20-7-6-16(28)24(37(20)40)14-2-4-15(29)5-3-14/h2-11,13,34,38-40H,12H2,1H3/p+1/t13-/m1/s1. The fourth-order valence-corrected chi connectivity index (χ4v) is 4.21. The molecule has 10 nitrogen and oxygen atoms in total. The number of aliphatic hydroxyl groups is 1. The molecule has 1 atom stereocenters. The van der Waals surface area contributed by atoms with Crippen LogP contribution in [0.1, 0.15) is 17.4 Å². The molecule has 0 fully saturated rings. The Morgan fingerprint density at radius 1 is 1.10 bits per heavy atom. The lowest BCUT2D eigenvalue weighted by molar-refractivity contribution is -0.897. The van der Waals surface area contributed by atoms with Gasteiger partial charge in [-0.3, -0.25) is 15.1 Å². The molecule has 5 aromatic rings. The fraction of sp³-hybridized carbons (Fsp3) is 0.111. The van der Waals surface area contributed by atoms with Gasteiger partial charge in [0.05, 0.1) is 17.9 Å². The van der Waals surface area contributed by atoms with Gasteiger partial charge in [0.2, 0.25) is 0 Å². The Morgan fingerprint density at radius 3 is 2.59 bits per heavy atom. The first kappa shape index (κ1) is 27.7. The minimum atomic E-state index is -1.03. The Balaban J connectivity index is 1.42. The number of benzene rings is 2.